The van der Waals surface area contributed by atoms with E-state index in [1.54, 1.807) is 18.3 Å². The van der Waals surface area contributed by atoms with Crippen molar-refractivity contribution in [3.05, 3.63) is 65.6 Å². The van der Waals surface area contributed by atoms with E-state index in [0.717, 1.165) is 41.4 Å². The molecule has 1 N–H and O–H groups in total. The lowest BCUT2D eigenvalue weighted by Gasteiger charge is -2.16. The molecule has 29 heavy (non-hydrogen) atoms. The number of benzene rings is 2. The highest BCUT2D eigenvalue weighted by Crippen LogP contribution is 2.27. The molecule has 0 radical (unpaired) electrons. The highest BCUT2D eigenvalue weighted by atomic mass is 32.2. The van der Waals surface area contributed by atoms with Crippen molar-refractivity contribution in [2.75, 3.05) is 18.4 Å². The molecule has 0 spiro atoms. The normalized spacial score (nSPS) is 15.0. The Balaban J connectivity index is 1.68. The van der Waals surface area contributed by atoms with Gasteiger partial charge in [-0.15, -0.1) is 0 Å². The van der Waals surface area contributed by atoms with Crippen LogP contribution in [-0.2, 0) is 10.0 Å². The third-order valence-corrected chi connectivity index (χ3v) is 7.01. The minimum Gasteiger partial charge on any atom is -0.321 e. The number of pyridine rings is 1. The Morgan fingerprint density at radius 3 is 2.66 bits per heavy atom. The molecular weight excluding hydrogens is 393 g/mol. The molecule has 0 unspecified atom stereocenters. The number of aryl methyl sites for hydroxylation is 1. The summed E-state index contributed by atoms with van der Waals surface area (Å²) in [5, 5.41) is 3.56. The summed E-state index contributed by atoms with van der Waals surface area (Å²) in [4.78, 5) is 16.7. The maximum atomic E-state index is 14.3. The number of halogens is 1. The summed E-state index contributed by atoms with van der Waals surface area (Å²) < 4.78 is 41.1. The second-order valence-corrected chi connectivity index (χ2v) is 8.95. The third kappa shape index (κ3) is 3.61. The fourth-order valence-corrected chi connectivity index (χ4v) is 5.13. The number of fused-ring (bicyclic) bond motifs is 1. The van der Waals surface area contributed by atoms with Gasteiger partial charge in [0.1, 0.15) is 10.7 Å². The molecule has 0 atom stereocenters. The first-order valence-electron chi connectivity index (χ1n) is 9.33. The second-order valence-electron chi connectivity index (χ2n) is 7.04. The van der Waals surface area contributed by atoms with Crippen LogP contribution in [0, 0.1) is 12.7 Å². The van der Waals surface area contributed by atoms with Crippen LogP contribution in [0.15, 0.2) is 53.6 Å². The maximum absolute atomic E-state index is 14.3. The van der Waals surface area contributed by atoms with E-state index in [4.69, 9.17) is 0 Å². The molecule has 4 rings (SSSR count). The molecule has 0 aliphatic carbocycles. The minimum atomic E-state index is -3.97. The lowest BCUT2D eigenvalue weighted by atomic mass is 10.1. The van der Waals surface area contributed by atoms with Gasteiger partial charge in [0.25, 0.3) is 5.91 Å². The molecule has 1 aliphatic rings. The topological polar surface area (TPSA) is 79.4 Å². The van der Waals surface area contributed by atoms with Crippen molar-refractivity contribution in [1.29, 1.82) is 0 Å². The summed E-state index contributed by atoms with van der Waals surface area (Å²) in [7, 11) is -3.97. The molecule has 1 amide bonds. The predicted octanol–water partition coefficient (Wildman–Crippen LogP) is 3.72. The van der Waals surface area contributed by atoms with E-state index in [2.05, 4.69) is 10.3 Å². The summed E-state index contributed by atoms with van der Waals surface area (Å²) in [6.45, 7) is 2.65. The van der Waals surface area contributed by atoms with Crippen LogP contribution in [0.2, 0.25) is 0 Å². The highest BCUT2D eigenvalue weighted by Gasteiger charge is 2.30. The third-order valence-electron chi connectivity index (χ3n) is 5.10. The van der Waals surface area contributed by atoms with Crippen LogP contribution in [0.4, 0.5) is 10.1 Å². The average Bonchev–Trinajstić information content (AvgIpc) is 3.26. The second kappa shape index (κ2) is 7.53. The van der Waals surface area contributed by atoms with Crippen molar-refractivity contribution in [3.63, 3.8) is 0 Å². The minimum absolute atomic E-state index is 0.0711. The van der Waals surface area contributed by atoms with Crippen LogP contribution in [0.3, 0.4) is 0 Å². The molecule has 3 aromatic rings. The zero-order chi connectivity index (χ0) is 20.6. The fraction of sp³-hybridized carbons (Fsp3) is 0.238. The summed E-state index contributed by atoms with van der Waals surface area (Å²) in [6, 6.07) is 10.6. The Morgan fingerprint density at radius 1 is 1.14 bits per heavy atom. The van der Waals surface area contributed by atoms with Gasteiger partial charge in [-0.25, -0.2) is 12.8 Å². The molecule has 8 heteroatoms. The van der Waals surface area contributed by atoms with Crippen molar-refractivity contribution < 1.29 is 17.6 Å². The van der Waals surface area contributed by atoms with E-state index >= 15 is 0 Å². The first kappa shape index (κ1) is 19.5. The number of aromatic nitrogens is 1. The number of hydrogen-bond donors (Lipinski definition) is 1. The molecular formula is C21H20FN3O3S. The van der Waals surface area contributed by atoms with E-state index in [1.807, 2.05) is 19.1 Å². The Hall–Kier alpha value is -2.84. The van der Waals surface area contributed by atoms with Crippen molar-refractivity contribution in [2.24, 2.45) is 0 Å². The fourth-order valence-electron chi connectivity index (χ4n) is 3.53. The van der Waals surface area contributed by atoms with Crippen LogP contribution in [0.5, 0.6) is 0 Å². The van der Waals surface area contributed by atoms with Gasteiger partial charge in [-0.1, -0.05) is 6.07 Å². The number of nitrogens with zero attached hydrogens (tertiary/aromatic N) is 2. The monoisotopic (exact) mass is 413 g/mol. The number of rotatable bonds is 4. The molecule has 150 valence electrons. The van der Waals surface area contributed by atoms with Gasteiger partial charge < -0.3 is 5.32 Å². The Bertz CT molecular complexity index is 1210. The number of amides is 1. The van der Waals surface area contributed by atoms with Gasteiger partial charge in [0.05, 0.1) is 11.2 Å². The standard InChI is InChI=1S/C21H20FN3O3S/c1-14-6-9-18(16-5-4-10-23-20(14)16)24-21(26)15-7-8-17(22)19(13-15)29(27,28)25-11-2-3-12-25/h4-10,13H,2-3,11-12H2,1H3,(H,24,26). The van der Waals surface area contributed by atoms with Gasteiger partial charge in [-0.2, -0.15) is 4.31 Å². The van der Waals surface area contributed by atoms with Crippen molar-refractivity contribution in [1.82, 2.24) is 9.29 Å². The molecule has 1 aromatic heterocycles. The molecule has 1 aliphatic heterocycles. The van der Waals surface area contributed by atoms with Crippen LogP contribution in [0.25, 0.3) is 10.9 Å². The van der Waals surface area contributed by atoms with E-state index in [-0.39, 0.29) is 5.56 Å². The number of anilines is 1. The maximum Gasteiger partial charge on any atom is 0.255 e. The summed E-state index contributed by atoms with van der Waals surface area (Å²) in [5.74, 6) is -1.38. The molecule has 6 nitrogen and oxygen atoms in total. The first-order valence-corrected chi connectivity index (χ1v) is 10.8. The molecule has 0 saturated carbocycles. The zero-order valence-corrected chi connectivity index (χ0v) is 16.7. The Labute approximate surface area is 168 Å². The van der Waals surface area contributed by atoms with Crippen molar-refractivity contribution in [3.8, 4) is 0 Å². The lowest BCUT2D eigenvalue weighted by molar-refractivity contribution is 0.102. The van der Waals surface area contributed by atoms with E-state index in [9.17, 15) is 17.6 Å². The predicted molar refractivity (Wildman–Crippen MR) is 109 cm³/mol. The smallest absolute Gasteiger partial charge is 0.255 e. The van der Waals surface area contributed by atoms with Gasteiger partial charge in [-0.3, -0.25) is 9.78 Å². The van der Waals surface area contributed by atoms with Gasteiger partial charge in [0.2, 0.25) is 10.0 Å². The SMILES string of the molecule is Cc1ccc(NC(=O)c2ccc(F)c(S(=O)(=O)N3CCCC3)c2)c2cccnc12. The molecule has 1 fully saturated rings. The number of nitrogens with one attached hydrogen (secondary N) is 1. The van der Waals surface area contributed by atoms with Gasteiger partial charge in [-0.05, 0) is 61.7 Å². The number of hydrogen-bond acceptors (Lipinski definition) is 4. The number of sulfonamides is 1. The van der Waals surface area contributed by atoms with Crippen LogP contribution in [-0.4, -0.2) is 36.7 Å². The largest absolute Gasteiger partial charge is 0.321 e. The van der Waals surface area contributed by atoms with Gasteiger partial charge in [0, 0.05) is 30.2 Å². The van der Waals surface area contributed by atoms with E-state index < -0.39 is 26.6 Å². The molecule has 1 saturated heterocycles. The van der Waals surface area contributed by atoms with Crippen LogP contribution < -0.4 is 5.32 Å². The van der Waals surface area contributed by atoms with E-state index in [0.29, 0.717) is 18.8 Å². The highest BCUT2D eigenvalue weighted by molar-refractivity contribution is 7.89. The quantitative estimate of drug-likeness (QED) is 0.707. The molecule has 2 heterocycles. The molecule has 0 bridgehead atoms. The van der Waals surface area contributed by atoms with Crippen LogP contribution in [0.1, 0.15) is 28.8 Å². The lowest BCUT2D eigenvalue weighted by Crippen LogP contribution is -2.29. The van der Waals surface area contributed by atoms with Gasteiger partial charge in [0.15, 0.2) is 0 Å². The Morgan fingerprint density at radius 2 is 1.90 bits per heavy atom. The van der Waals surface area contributed by atoms with Crippen LogP contribution >= 0.6 is 0 Å². The summed E-state index contributed by atoms with van der Waals surface area (Å²) in [6.07, 6.45) is 3.17. The van der Waals surface area contributed by atoms with E-state index in [1.165, 1.54) is 10.4 Å². The first-order chi connectivity index (χ1) is 13.9. The average molecular weight is 413 g/mol. The van der Waals surface area contributed by atoms with Crippen molar-refractivity contribution >= 4 is 32.5 Å². The number of carbonyl (C=O) groups excluding carboxylic acids is 1. The van der Waals surface area contributed by atoms with Crippen molar-refractivity contribution in [2.45, 2.75) is 24.7 Å². The molecule has 2 aromatic carbocycles. The van der Waals surface area contributed by atoms with Gasteiger partial charge >= 0.3 is 0 Å². The number of carbonyl (C=O) groups is 1. The summed E-state index contributed by atoms with van der Waals surface area (Å²) >= 11 is 0. The zero-order valence-electron chi connectivity index (χ0n) is 15.9. The summed E-state index contributed by atoms with van der Waals surface area (Å²) in [5.41, 5.74) is 2.36. The Kier molecular flexibility index (Phi) is 5.06.